The maximum Gasteiger partial charge on any atom is 0.227 e. The molecule has 29 heavy (non-hydrogen) atoms. The molecule has 2 amide bonds. The van der Waals surface area contributed by atoms with Crippen LogP contribution in [0.4, 0.5) is 11.5 Å². The van der Waals surface area contributed by atoms with Crippen molar-refractivity contribution in [3.8, 4) is 0 Å². The maximum absolute atomic E-state index is 12.5. The third-order valence-corrected chi connectivity index (χ3v) is 5.56. The number of nitrogens with one attached hydrogen (secondary N) is 1. The molecule has 2 saturated heterocycles. The zero-order valence-electron chi connectivity index (χ0n) is 15.8. The van der Waals surface area contributed by atoms with Crippen molar-refractivity contribution in [2.45, 2.75) is 6.42 Å². The van der Waals surface area contributed by atoms with Gasteiger partial charge in [-0.3, -0.25) is 9.59 Å². The number of amides is 2. The lowest BCUT2D eigenvalue weighted by molar-refractivity contribution is -0.126. The highest BCUT2D eigenvalue weighted by atomic mass is 16.2. The molecule has 0 radical (unpaired) electrons. The van der Waals surface area contributed by atoms with Gasteiger partial charge in [0.05, 0.1) is 5.92 Å². The monoisotopic (exact) mass is 391 g/mol. The first-order valence-corrected chi connectivity index (χ1v) is 9.72. The second-order valence-electron chi connectivity index (χ2n) is 7.58. The van der Waals surface area contributed by atoms with Crippen LogP contribution in [0, 0.1) is 11.8 Å². The summed E-state index contributed by atoms with van der Waals surface area (Å²) in [5, 5.41) is 15.3. The summed E-state index contributed by atoms with van der Waals surface area (Å²) in [5.41, 5.74) is 1.56. The first-order valence-electron chi connectivity index (χ1n) is 9.72. The molecular formula is C20H21N7O2. The molecule has 1 N–H and O–H groups in total. The Kier molecular flexibility index (Phi) is 4.34. The van der Waals surface area contributed by atoms with Crippen LogP contribution in [-0.4, -0.2) is 57.8 Å². The van der Waals surface area contributed by atoms with E-state index in [1.807, 2.05) is 42.5 Å². The second kappa shape index (κ2) is 7.16. The number of fused-ring (bicyclic) bond motifs is 1. The number of carbonyl (C=O) groups is 2. The Morgan fingerprint density at radius 2 is 1.93 bits per heavy atom. The van der Waals surface area contributed by atoms with E-state index in [1.54, 1.807) is 15.7 Å². The van der Waals surface area contributed by atoms with Gasteiger partial charge in [0, 0.05) is 44.2 Å². The van der Waals surface area contributed by atoms with Gasteiger partial charge in [-0.05, 0) is 24.3 Å². The van der Waals surface area contributed by atoms with Crippen LogP contribution in [-0.2, 0) is 9.59 Å². The number of hydrogen-bond acceptors (Lipinski definition) is 6. The molecule has 0 bridgehead atoms. The largest absolute Gasteiger partial charge is 0.355 e. The molecule has 3 aromatic rings. The van der Waals surface area contributed by atoms with Crippen LogP contribution in [0.2, 0.25) is 0 Å². The summed E-state index contributed by atoms with van der Waals surface area (Å²) >= 11 is 0. The van der Waals surface area contributed by atoms with Gasteiger partial charge in [-0.2, -0.15) is 4.52 Å². The summed E-state index contributed by atoms with van der Waals surface area (Å²) in [5.74, 6) is 0.914. The topological polar surface area (TPSA) is 95.7 Å². The Bertz CT molecular complexity index is 1050. The van der Waals surface area contributed by atoms with Gasteiger partial charge in [0.15, 0.2) is 5.65 Å². The van der Waals surface area contributed by atoms with Gasteiger partial charge >= 0.3 is 0 Å². The highest BCUT2D eigenvalue weighted by Crippen LogP contribution is 2.26. The van der Waals surface area contributed by atoms with Crippen LogP contribution in [0.3, 0.4) is 0 Å². The van der Waals surface area contributed by atoms with E-state index in [9.17, 15) is 9.59 Å². The van der Waals surface area contributed by atoms with E-state index in [2.05, 4.69) is 25.5 Å². The molecule has 2 aliphatic heterocycles. The average Bonchev–Trinajstić information content (AvgIpc) is 3.33. The molecule has 2 aliphatic rings. The number of para-hydroxylation sites is 1. The van der Waals surface area contributed by atoms with E-state index in [0.29, 0.717) is 24.7 Å². The van der Waals surface area contributed by atoms with Crippen LogP contribution < -0.4 is 15.1 Å². The summed E-state index contributed by atoms with van der Waals surface area (Å²) in [4.78, 5) is 28.7. The van der Waals surface area contributed by atoms with Crippen molar-refractivity contribution >= 4 is 29.0 Å². The maximum atomic E-state index is 12.5. The molecule has 9 heteroatoms. The molecule has 148 valence electrons. The summed E-state index contributed by atoms with van der Waals surface area (Å²) in [7, 11) is 0. The highest BCUT2D eigenvalue weighted by Gasteiger charge is 2.36. The number of benzene rings is 1. The van der Waals surface area contributed by atoms with Crippen molar-refractivity contribution in [2.75, 3.05) is 36.0 Å². The first kappa shape index (κ1) is 17.6. The third kappa shape index (κ3) is 3.39. The summed E-state index contributed by atoms with van der Waals surface area (Å²) < 4.78 is 1.65. The van der Waals surface area contributed by atoms with Crippen molar-refractivity contribution in [1.82, 2.24) is 25.1 Å². The molecule has 5 rings (SSSR count). The lowest BCUT2D eigenvalue weighted by atomic mass is 9.99. The Balaban J connectivity index is 1.11. The standard InChI is InChI=1S/C20H21N7O2/c28-19-8-15(12-26(19)16-4-2-1-3-5-16)20(29)21-9-14-10-25(11-14)18-7-6-17-23-22-13-27(17)24-18/h1-7,13-15H,8-12H2,(H,21,29). The lowest BCUT2D eigenvalue weighted by Crippen LogP contribution is -2.52. The van der Waals surface area contributed by atoms with Crippen LogP contribution in [0.5, 0.6) is 0 Å². The van der Waals surface area contributed by atoms with Gasteiger partial charge in [0.1, 0.15) is 12.1 Å². The first-order chi connectivity index (χ1) is 14.2. The quantitative estimate of drug-likeness (QED) is 0.689. The zero-order valence-corrected chi connectivity index (χ0v) is 15.8. The Hall–Kier alpha value is -3.49. The molecule has 1 unspecified atom stereocenters. The lowest BCUT2D eigenvalue weighted by Gasteiger charge is -2.40. The fourth-order valence-electron chi connectivity index (χ4n) is 3.90. The number of anilines is 2. The molecule has 2 fully saturated rings. The minimum absolute atomic E-state index is 0.00151. The molecule has 0 spiro atoms. The molecule has 1 aromatic carbocycles. The number of nitrogens with zero attached hydrogens (tertiary/aromatic N) is 6. The molecule has 2 aromatic heterocycles. The summed E-state index contributed by atoms with van der Waals surface area (Å²) in [6.07, 6.45) is 1.85. The van der Waals surface area contributed by atoms with Crippen molar-refractivity contribution in [3.05, 3.63) is 48.8 Å². The van der Waals surface area contributed by atoms with Gasteiger partial charge in [-0.15, -0.1) is 15.3 Å². The number of hydrogen-bond donors (Lipinski definition) is 1. The van der Waals surface area contributed by atoms with Crippen molar-refractivity contribution < 1.29 is 9.59 Å². The van der Waals surface area contributed by atoms with Gasteiger partial charge in [-0.25, -0.2) is 0 Å². The Morgan fingerprint density at radius 1 is 1.10 bits per heavy atom. The number of aromatic nitrogens is 4. The molecule has 0 saturated carbocycles. The van der Waals surface area contributed by atoms with Gasteiger partial charge in [0.2, 0.25) is 11.8 Å². The minimum atomic E-state index is -0.295. The van der Waals surface area contributed by atoms with Gasteiger partial charge in [-0.1, -0.05) is 18.2 Å². The number of carbonyl (C=O) groups excluding carboxylic acids is 2. The van der Waals surface area contributed by atoms with Crippen molar-refractivity contribution in [3.63, 3.8) is 0 Å². The third-order valence-electron chi connectivity index (χ3n) is 5.56. The van der Waals surface area contributed by atoms with Crippen molar-refractivity contribution in [2.24, 2.45) is 11.8 Å². The van der Waals surface area contributed by atoms with E-state index in [4.69, 9.17) is 0 Å². The van der Waals surface area contributed by atoms with E-state index in [0.717, 1.165) is 24.6 Å². The van der Waals surface area contributed by atoms with E-state index >= 15 is 0 Å². The molecule has 9 nitrogen and oxygen atoms in total. The van der Waals surface area contributed by atoms with Crippen LogP contribution >= 0.6 is 0 Å². The normalized spacial score (nSPS) is 19.6. The predicted molar refractivity (Wildman–Crippen MR) is 106 cm³/mol. The number of rotatable bonds is 5. The van der Waals surface area contributed by atoms with Crippen molar-refractivity contribution in [1.29, 1.82) is 0 Å². The van der Waals surface area contributed by atoms with E-state index in [1.165, 1.54) is 0 Å². The zero-order chi connectivity index (χ0) is 19.8. The fraction of sp³-hybridized carbons (Fsp3) is 0.350. The van der Waals surface area contributed by atoms with E-state index < -0.39 is 0 Å². The second-order valence-corrected chi connectivity index (χ2v) is 7.58. The molecule has 0 aliphatic carbocycles. The fourth-order valence-corrected chi connectivity index (χ4v) is 3.90. The van der Waals surface area contributed by atoms with Crippen LogP contribution in [0.15, 0.2) is 48.8 Å². The smallest absolute Gasteiger partial charge is 0.227 e. The van der Waals surface area contributed by atoms with Crippen LogP contribution in [0.25, 0.3) is 5.65 Å². The van der Waals surface area contributed by atoms with Gasteiger partial charge in [0.25, 0.3) is 0 Å². The van der Waals surface area contributed by atoms with E-state index in [-0.39, 0.29) is 24.2 Å². The summed E-state index contributed by atoms with van der Waals surface area (Å²) in [6.45, 7) is 2.72. The summed E-state index contributed by atoms with van der Waals surface area (Å²) in [6, 6.07) is 13.3. The Morgan fingerprint density at radius 3 is 2.76 bits per heavy atom. The SMILES string of the molecule is O=C(NCC1CN(c2ccc3nncn3n2)C1)C1CC(=O)N(c2ccccc2)C1. The average molecular weight is 391 g/mol. The molecule has 4 heterocycles. The molecular weight excluding hydrogens is 370 g/mol. The Labute approximate surface area is 167 Å². The molecule has 1 atom stereocenters. The predicted octanol–water partition coefficient (Wildman–Crippen LogP) is 0.730. The highest BCUT2D eigenvalue weighted by molar-refractivity contribution is 6.00. The minimum Gasteiger partial charge on any atom is -0.355 e. The van der Waals surface area contributed by atoms with Crippen LogP contribution in [0.1, 0.15) is 6.42 Å². The van der Waals surface area contributed by atoms with Gasteiger partial charge < -0.3 is 15.1 Å².